The summed E-state index contributed by atoms with van der Waals surface area (Å²) in [6.45, 7) is 4.11. The minimum Gasteiger partial charge on any atom is -0.493 e. The van der Waals surface area contributed by atoms with Gasteiger partial charge in [0, 0.05) is 12.1 Å². The highest BCUT2D eigenvalue weighted by Crippen LogP contribution is 2.56. The first-order valence-electron chi connectivity index (χ1n) is 10.9. The third-order valence-corrected chi connectivity index (χ3v) is 5.70. The zero-order valence-electron chi connectivity index (χ0n) is 19.8. The van der Waals surface area contributed by atoms with E-state index in [1.54, 1.807) is 12.1 Å². The molecule has 0 spiro atoms. The van der Waals surface area contributed by atoms with Crippen molar-refractivity contribution in [3.8, 4) is 23.0 Å². The topological polar surface area (TPSA) is 114 Å². The van der Waals surface area contributed by atoms with Crippen LogP contribution in [0.15, 0.2) is 36.9 Å². The molecule has 2 aliphatic rings. The first-order chi connectivity index (χ1) is 17.0. The molecule has 2 heterocycles. The van der Waals surface area contributed by atoms with Crippen molar-refractivity contribution in [2.24, 2.45) is 0 Å². The summed E-state index contributed by atoms with van der Waals surface area (Å²) in [7, 11) is 4.26. The molecule has 2 aliphatic heterocycles. The lowest BCUT2D eigenvalue weighted by molar-refractivity contribution is 0.0594. The predicted octanol–water partition coefficient (Wildman–Crippen LogP) is 3.49. The van der Waals surface area contributed by atoms with Gasteiger partial charge in [-0.2, -0.15) is 0 Å². The summed E-state index contributed by atoms with van der Waals surface area (Å²) in [6, 6.07) is 7.24. The Kier molecular flexibility index (Phi) is 7.31. The second-order valence-corrected chi connectivity index (χ2v) is 7.70. The maximum absolute atomic E-state index is 12.6. The fraction of sp³-hybridized carbons (Fsp3) is 0.360. The van der Waals surface area contributed by atoms with Gasteiger partial charge in [-0.25, -0.2) is 9.59 Å². The quantitative estimate of drug-likeness (QED) is 0.307. The average molecular weight is 485 g/mol. The molecule has 10 nitrogen and oxygen atoms in total. The Morgan fingerprint density at radius 3 is 2.51 bits per heavy atom. The van der Waals surface area contributed by atoms with Crippen molar-refractivity contribution in [1.82, 2.24) is 5.32 Å². The molecule has 0 bridgehead atoms. The number of carbonyl (C=O) groups excluding carboxylic acids is 2. The monoisotopic (exact) mass is 485 g/mol. The zero-order valence-corrected chi connectivity index (χ0v) is 19.8. The SMILES string of the molecule is C=CCOC(=O)NCCc1cc2c(cc1[C@@H]1O[C@H]1c1ccc(OC)c(OC)c1C(=O)OC)OCO2. The third kappa shape index (κ3) is 4.97. The number of rotatable bonds is 10. The smallest absolute Gasteiger partial charge is 0.407 e. The number of amides is 1. The molecule has 10 heteroatoms. The Morgan fingerprint density at radius 1 is 1.09 bits per heavy atom. The summed E-state index contributed by atoms with van der Waals surface area (Å²) in [5.41, 5.74) is 2.64. The highest BCUT2D eigenvalue weighted by molar-refractivity contribution is 5.95. The molecule has 2 aromatic rings. The van der Waals surface area contributed by atoms with Crippen LogP contribution in [-0.4, -0.2) is 53.3 Å². The van der Waals surface area contributed by atoms with E-state index in [0.29, 0.717) is 35.8 Å². The molecule has 0 aliphatic carbocycles. The molecule has 1 N–H and O–H groups in total. The summed E-state index contributed by atoms with van der Waals surface area (Å²) < 4.78 is 37.9. The molecule has 186 valence electrons. The van der Waals surface area contributed by atoms with Crippen LogP contribution >= 0.6 is 0 Å². The van der Waals surface area contributed by atoms with Gasteiger partial charge in [-0.05, 0) is 35.7 Å². The molecular formula is C25H27NO9. The minimum absolute atomic E-state index is 0.126. The van der Waals surface area contributed by atoms with Crippen LogP contribution in [0, 0.1) is 0 Å². The van der Waals surface area contributed by atoms with E-state index in [4.69, 9.17) is 33.2 Å². The number of esters is 1. The Hall–Kier alpha value is -3.92. The van der Waals surface area contributed by atoms with E-state index in [2.05, 4.69) is 11.9 Å². The van der Waals surface area contributed by atoms with E-state index in [1.807, 2.05) is 12.1 Å². The van der Waals surface area contributed by atoms with Crippen LogP contribution in [0.1, 0.15) is 39.3 Å². The van der Waals surface area contributed by atoms with Gasteiger partial charge in [0.1, 0.15) is 24.4 Å². The van der Waals surface area contributed by atoms with Crippen LogP contribution in [0.3, 0.4) is 0 Å². The number of hydrogen-bond acceptors (Lipinski definition) is 9. The second-order valence-electron chi connectivity index (χ2n) is 7.70. The van der Waals surface area contributed by atoms with E-state index >= 15 is 0 Å². The van der Waals surface area contributed by atoms with Crippen molar-refractivity contribution in [1.29, 1.82) is 0 Å². The molecule has 35 heavy (non-hydrogen) atoms. The van der Waals surface area contributed by atoms with Gasteiger partial charge >= 0.3 is 12.1 Å². The van der Waals surface area contributed by atoms with Gasteiger partial charge in [0.05, 0.1) is 21.3 Å². The highest BCUT2D eigenvalue weighted by atomic mass is 16.7. The van der Waals surface area contributed by atoms with Crippen LogP contribution < -0.4 is 24.3 Å². The van der Waals surface area contributed by atoms with Crippen LogP contribution in [0.25, 0.3) is 0 Å². The van der Waals surface area contributed by atoms with Gasteiger partial charge in [-0.15, -0.1) is 0 Å². The van der Waals surface area contributed by atoms with E-state index in [1.165, 1.54) is 27.4 Å². The van der Waals surface area contributed by atoms with Crippen molar-refractivity contribution >= 4 is 12.1 Å². The normalized spacial score (nSPS) is 17.3. The predicted molar refractivity (Wildman–Crippen MR) is 123 cm³/mol. The number of nitrogens with one attached hydrogen (secondary N) is 1. The van der Waals surface area contributed by atoms with Gasteiger partial charge < -0.3 is 38.5 Å². The molecule has 1 fully saturated rings. The number of carbonyl (C=O) groups is 2. The zero-order chi connectivity index (χ0) is 24.9. The number of methoxy groups -OCH3 is 3. The molecular weight excluding hydrogens is 458 g/mol. The van der Waals surface area contributed by atoms with Crippen molar-refractivity contribution in [3.05, 3.63) is 59.2 Å². The number of epoxide rings is 1. The Morgan fingerprint density at radius 2 is 1.83 bits per heavy atom. The summed E-state index contributed by atoms with van der Waals surface area (Å²) in [5.74, 6) is 1.36. The van der Waals surface area contributed by atoms with Crippen molar-refractivity contribution < 1.29 is 42.7 Å². The minimum atomic E-state index is -0.557. The van der Waals surface area contributed by atoms with Crippen LogP contribution in [0.5, 0.6) is 23.0 Å². The summed E-state index contributed by atoms with van der Waals surface area (Å²) in [6.07, 6.45) is 0.692. The molecule has 0 aromatic heterocycles. The second kappa shape index (κ2) is 10.6. The lowest BCUT2D eigenvalue weighted by atomic mass is 9.94. The first-order valence-corrected chi connectivity index (χ1v) is 10.9. The largest absolute Gasteiger partial charge is 0.493 e. The summed E-state index contributed by atoms with van der Waals surface area (Å²) in [4.78, 5) is 24.4. The molecule has 2 atom stereocenters. The lowest BCUT2D eigenvalue weighted by Gasteiger charge is -2.15. The van der Waals surface area contributed by atoms with E-state index in [-0.39, 0.29) is 30.8 Å². The molecule has 0 radical (unpaired) electrons. The third-order valence-electron chi connectivity index (χ3n) is 5.70. The number of alkyl carbamates (subject to hydrolysis) is 1. The fourth-order valence-electron chi connectivity index (χ4n) is 4.04. The standard InChI is InChI=1S/C25H27NO9/c1-5-10-32-25(28)26-9-8-14-11-18-19(34-13-33-18)12-16(14)22-21(35-22)15-6-7-17(29-2)23(30-3)20(15)24(27)31-4/h5-7,11-12,21-22H,1,8-10,13H2,2-4H3,(H,26,28)/t21-,22-/m0/s1. The molecule has 1 amide bonds. The van der Waals surface area contributed by atoms with Gasteiger partial charge in [0.15, 0.2) is 23.0 Å². The van der Waals surface area contributed by atoms with Crippen molar-refractivity contribution in [3.63, 3.8) is 0 Å². The highest BCUT2D eigenvalue weighted by Gasteiger charge is 2.46. The molecule has 4 rings (SSSR count). The van der Waals surface area contributed by atoms with Crippen LogP contribution in [0.4, 0.5) is 4.79 Å². The van der Waals surface area contributed by atoms with Crippen molar-refractivity contribution in [2.45, 2.75) is 18.6 Å². The average Bonchev–Trinajstić information content (AvgIpc) is 3.54. The van der Waals surface area contributed by atoms with Crippen molar-refractivity contribution in [2.75, 3.05) is 41.3 Å². The van der Waals surface area contributed by atoms with E-state index < -0.39 is 18.2 Å². The van der Waals surface area contributed by atoms with Gasteiger partial charge in [0.25, 0.3) is 0 Å². The van der Waals surface area contributed by atoms with Gasteiger partial charge in [-0.3, -0.25) is 0 Å². The Bertz CT molecular complexity index is 1130. The van der Waals surface area contributed by atoms with E-state index in [9.17, 15) is 9.59 Å². The Labute approximate surface area is 202 Å². The van der Waals surface area contributed by atoms with Crippen LogP contribution in [-0.2, 0) is 20.6 Å². The number of fused-ring (bicyclic) bond motifs is 1. The number of benzene rings is 2. The van der Waals surface area contributed by atoms with Gasteiger partial charge in [0.2, 0.25) is 6.79 Å². The van der Waals surface area contributed by atoms with Crippen LogP contribution in [0.2, 0.25) is 0 Å². The summed E-state index contributed by atoms with van der Waals surface area (Å²) in [5, 5.41) is 2.71. The number of ether oxygens (including phenoxy) is 7. The summed E-state index contributed by atoms with van der Waals surface area (Å²) >= 11 is 0. The van der Waals surface area contributed by atoms with Gasteiger partial charge in [-0.1, -0.05) is 18.7 Å². The first kappa shape index (κ1) is 24.2. The fourth-order valence-corrected chi connectivity index (χ4v) is 4.04. The number of hydrogen-bond donors (Lipinski definition) is 1. The molecule has 0 unspecified atom stereocenters. The Balaban J connectivity index is 1.61. The molecule has 1 saturated heterocycles. The maximum atomic E-state index is 12.6. The molecule has 2 aromatic carbocycles. The molecule has 0 saturated carbocycles. The van der Waals surface area contributed by atoms with E-state index in [0.717, 1.165) is 11.1 Å². The lowest BCUT2D eigenvalue weighted by Crippen LogP contribution is -2.26. The maximum Gasteiger partial charge on any atom is 0.407 e.